The zero-order chi connectivity index (χ0) is 14.1. The molecule has 0 aromatic carbocycles. The lowest BCUT2D eigenvalue weighted by Gasteiger charge is -2.15. The molecule has 2 aromatic rings. The molecule has 1 amide bonds. The predicted molar refractivity (Wildman–Crippen MR) is 80.2 cm³/mol. The molecule has 104 valence electrons. The van der Waals surface area contributed by atoms with Crippen LogP contribution in [0, 0.1) is 12.8 Å². The Bertz CT molecular complexity index is 650. The van der Waals surface area contributed by atoms with Gasteiger partial charge in [0.05, 0.1) is 5.69 Å². The van der Waals surface area contributed by atoms with Gasteiger partial charge in [-0.05, 0) is 44.2 Å². The van der Waals surface area contributed by atoms with E-state index in [2.05, 4.69) is 22.2 Å². The minimum Gasteiger partial charge on any atom is -0.296 e. The van der Waals surface area contributed by atoms with Crippen LogP contribution in [0.2, 0.25) is 0 Å². The number of aryl methyl sites for hydroxylation is 2. The lowest BCUT2D eigenvalue weighted by atomic mass is 9.93. The molecule has 0 saturated heterocycles. The van der Waals surface area contributed by atoms with E-state index in [0.717, 1.165) is 24.2 Å². The van der Waals surface area contributed by atoms with Crippen molar-refractivity contribution in [3.8, 4) is 0 Å². The highest BCUT2D eigenvalue weighted by molar-refractivity contribution is 7.15. The van der Waals surface area contributed by atoms with Crippen LogP contribution in [0.4, 0.5) is 5.13 Å². The van der Waals surface area contributed by atoms with Crippen molar-refractivity contribution < 1.29 is 4.79 Å². The summed E-state index contributed by atoms with van der Waals surface area (Å²) in [4.78, 5) is 22.2. The molecule has 2 aromatic heterocycles. The molecule has 0 radical (unpaired) electrons. The van der Waals surface area contributed by atoms with Gasteiger partial charge in [0, 0.05) is 10.6 Å². The maximum Gasteiger partial charge on any atom is 0.276 e. The molecule has 1 atom stereocenters. The molecule has 1 aliphatic rings. The zero-order valence-electron chi connectivity index (χ0n) is 11.6. The van der Waals surface area contributed by atoms with Crippen LogP contribution in [-0.4, -0.2) is 15.9 Å². The van der Waals surface area contributed by atoms with Gasteiger partial charge in [0.15, 0.2) is 5.13 Å². The Morgan fingerprint density at radius 1 is 1.40 bits per heavy atom. The highest BCUT2D eigenvalue weighted by Gasteiger charge is 2.20. The molecule has 0 saturated carbocycles. The molecule has 0 bridgehead atoms. The van der Waals surface area contributed by atoms with E-state index < -0.39 is 0 Å². The molecule has 4 nitrogen and oxygen atoms in total. The second-order valence-corrected chi connectivity index (χ2v) is 6.44. The van der Waals surface area contributed by atoms with Gasteiger partial charge in [-0.25, -0.2) is 9.97 Å². The third kappa shape index (κ3) is 2.72. The number of fused-ring (bicyclic) bond motifs is 1. The number of carbonyl (C=O) groups is 1. The lowest BCUT2D eigenvalue weighted by molar-refractivity contribution is 0.102. The van der Waals surface area contributed by atoms with Crippen LogP contribution in [0.1, 0.15) is 40.1 Å². The number of rotatable bonds is 2. The first-order valence-corrected chi connectivity index (χ1v) is 7.67. The van der Waals surface area contributed by atoms with Crippen molar-refractivity contribution >= 4 is 22.4 Å². The van der Waals surface area contributed by atoms with E-state index in [1.165, 1.54) is 11.3 Å². The van der Waals surface area contributed by atoms with Crippen molar-refractivity contribution in [2.45, 2.75) is 33.1 Å². The molecule has 1 unspecified atom stereocenters. The maximum atomic E-state index is 12.1. The lowest BCUT2D eigenvalue weighted by Crippen LogP contribution is -2.14. The second-order valence-electron chi connectivity index (χ2n) is 5.36. The van der Waals surface area contributed by atoms with Crippen LogP contribution in [0.15, 0.2) is 18.2 Å². The number of pyridine rings is 1. The number of amides is 1. The highest BCUT2D eigenvalue weighted by atomic mass is 32.1. The largest absolute Gasteiger partial charge is 0.296 e. The summed E-state index contributed by atoms with van der Waals surface area (Å²) in [5.41, 5.74) is 2.43. The number of aromatic nitrogens is 2. The fraction of sp³-hybridized carbons (Fsp3) is 0.400. The average molecular weight is 287 g/mol. The van der Waals surface area contributed by atoms with Crippen molar-refractivity contribution in [1.82, 2.24) is 9.97 Å². The van der Waals surface area contributed by atoms with Crippen molar-refractivity contribution in [1.29, 1.82) is 0 Å². The van der Waals surface area contributed by atoms with Gasteiger partial charge in [0.1, 0.15) is 5.69 Å². The molecule has 0 spiro atoms. The summed E-state index contributed by atoms with van der Waals surface area (Å²) in [6.07, 6.45) is 3.28. The number of carbonyl (C=O) groups excluding carboxylic acids is 1. The van der Waals surface area contributed by atoms with Crippen molar-refractivity contribution in [2.24, 2.45) is 5.92 Å². The smallest absolute Gasteiger partial charge is 0.276 e. The fourth-order valence-corrected chi connectivity index (χ4v) is 3.59. The van der Waals surface area contributed by atoms with Gasteiger partial charge in [-0.2, -0.15) is 0 Å². The molecule has 0 aliphatic heterocycles. The minimum atomic E-state index is -0.187. The Balaban J connectivity index is 1.77. The monoisotopic (exact) mass is 287 g/mol. The van der Waals surface area contributed by atoms with Crippen LogP contribution in [-0.2, 0) is 12.8 Å². The van der Waals surface area contributed by atoms with Gasteiger partial charge >= 0.3 is 0 Å². The van der Waals surface area contributed by atoms with E-state index in [1.54, 1.807) is 17.4 Å². The summed E-state index contributed by atoms with van der Waals surface area (Å²) in [5, 5.41) is 3.56. The van der Waals surface area contributed by atoms with Gasteiger partial charge in [0.2, 0.25) is 0 Å². The Morgan fingerprint density at radius 3 is 3.05 bits per heavy atom. The standard InChI is InChI=1S/C15H17N3OS/c1-9-6-7-11-13(8-9)20-15(17-11)18-14(19)12-5-3-4-10(2)16-12/h3-5,9H,6-8H2,1-2H3,(H,17,18,19). The number of anilines is 1. The molecule has 20 heavy (non-hydrogen) atoms. The van der Waals surface area contributed by atoms with E-state index in [0.29, 0.717) is 16.7 Å². The maximum absolute atomic E-state index is 12.1. The third-order valence-corrected chi connectivity index (χ3v) is 4.56. The Hall–Kier alpha value is -1.75. The van der Waals surface area contributed by atoms with Crippen LogP contribution in [0.3, 0.4) is 0 Å². The quantitative estimate of drug-likeness (QED) is 0.922. The molecular formula is C15H17N3OS. The number of hydrogen-bond donors (Lipinski definition) is 1. The first-order chi connectivity index (χ1) is 9.61. The van der Waals surface area contributed by atoms with E-state index in [4.69, 9.17) is 0 Å². The number of nitrogens with one attached hydrogen (secondary N) is 1. The SMILES string of the molecule is Cc1cccc(C(=O)Nc2nc3c(s2)CC(C)CC3)n1. The third-order valence-electron chi connectivity index (χ3n) is 3.53. The molecule has 3 rings (SSSR count). The minimum absolute atomic E-state index is 0.187. The molecular weight excluding hydrogens is 270 g/mol. The first-order valence-electron chi connectivity index (χ1n) is 6.85. The first kappa shape index (κ1) is 13.2. The van der Waals surface area contributed by atoms with Crippen LogP contribution in [0.5, 0.6) is 0 Å². The van der Waals surface area contributed by atoms with Crippen LogP contribution >= 0.6 is 11.3 Å². The second kappa shape index (κ2) is 5.32. The van der Waals surface area contributed by atoms with Crippen LogP contribution < -0.4 is 5.32 Å². The van der Waals surface area contributed by atoms with E-state index >= 15 is 0 Å². The van der Waals surface area contributed by atoms with Gasteiger partial charge in [0.25, 0.3) is 5.91 Å². The van der Waals surface area contributed by atoms with Crippen LogP contribution in [0.25, 0.3) is 0 Å². The Morgan fingerprint density at radius 2 is 2.25 bits per heavy atom. The molecule has 0 fully saturated rings. The van der Waals surface area contributed by atoms with Crippen molar-refractivity contribution in [2.75, 3.05) is 5.32 Å². The average Bonchev–Trinajstić information content (AvgIpc) is 2.80. The summed E-state index contributed by atoms with van der Waals surface area (Å²) in [5.74, 6) is 0.526. The van der Waals surface area contributed by atoms with Crippen molar-refractivity contribution in [3.05, 3.63) is 40.2 Å². The Labute approximate surface area is 122 Å². The van der Waals surface area contributed by atoms with E-state index in [1.807, 2.05) is 19.1 Å². The topological polar surface area (TPSA) is 54.9 Å². The number of hydrogen-bond acceptors (Lipinski definition) is 4. The number of thiazole rings is 1. The van der Waals surface area contributed by atoms with Crippen molar-refractivity contribution in [3.63, 3.8) is 0 Å². The van der Waals surface area contributed by atoms with E-state index in [9.17, 15) is 4.79 Å². The summed E-state index contributed by atoms with van der Waals surface area (Å²) in [6.45, 7) is 4.14. The summed E-state index contributed by atoms with van der Waals surface area (Å²) in [6, 6.07) is 5.43. The molecule has 1 N–H and O–H groups in total. The van der Waals surface area contributed by atoms with Gasteiger partial charge in [-0.1, -0.05) is 13.0 Å². The van der Waals surface area contributed by atoms with E-state index in [-0.39, 0.29) is 5.91 Å². The predicted octanol–water partition coefficient (Wildman–Crippen LogP) is 3.22. The fourth-order valence-electron chi connectivity index (χ4n) is 2.42. The normalized spacial score (nSPS) is 17.6. The molecule has 2 heterocycles. The van der Waals surface area contributed by atoms with Gasteiger partial charge < -0.3 is 0 Å². The molecule has 5 heteroatoms. The number of nitrogens with zero attached hydrogens (tertiary/aromatic N) is 2. The van der Waals surface area contributed by atoms with Gasteiger partial charge in [-0.3, -0.25) is 10.1 Å². The Kier molecular flexibility index (Phi) is 3.53. The summed E-state index contributed by atoms with van der Waals surface area (Å²) < 4.78 is 0. The summed E-state index contributed by atoms with van der Waals surface area (Å²) in [7, 11) is 0. The van der Waals surface area contributed by atoms with Gasteiger partial charge in [-0.15, -0.1) is 11.3 Å². The zero-order valence-corrected chi connectivity index (χ0v) is 12.5. The molecule has 1 aliphatic carbocycles. The highest BCUT2D eigenvalue weighted by Crippen LogP contribution is 2.32. The summed E-state index contributed by atoms with van der Waals surface area (Å²) >= 11 is 1.60.